The third kappa shape index (κ3) is 3.39. The van der Waals surface area contributed by atoms with Crippen molar-refractivity contribution in [1.29, 1.82) is 0 Å². The van der Waals surface area contributed by atoms with E-state index >= 15 is 0 Å². The van der Waals surface area contributed by atoms with Gasteiger partial charge in [-0.2, -0.15) is 0 Å². The van der Waals surface area contributed by atoms with Gasteiger partial charge in [-0.15, -0.1) is 0 Å². The lowest BCUT2D eigenvalue weighted by atomic mass is 10.2. The van der Waals surface area contributed by atoms with Crippen molar-refractivity contribution in [2.45, 2.75) is 32.5 Å². The Morgan fingerprint density at radius 3 is 2.86 bits per heavy atom. The number of morpholine rings is 1. The summed E-state index contributed by atoms with van der Waals surface area (Å²) in [5.74, 6) is 0. The smallest absolute Gasteiger partial charge is 0.317 e. The van der Waals surface area contributed by atoms with Crippen LogP contribution in [0.25, 0.3) is 5.65 Å². The SMILES string of the molecule is C[C@@H]1CN(C(=O)NCCc2cn3ccccc3n2)C[C@H](C)O1. The van der Waals surface area contributed by atoms with Crippen LogP contribution in [-0.2, 0) is 11.2 Å². The van der Waals surface area contributed by atoms with Crippen LogP contribution in [0.3, 0.4) is 0 Å². The summed E-state index contributed by atoms with van der Waals surface area (Å²) in [5, 5.41) is 2.97. The Morgan fingerprint density at radius 1 is 1.36 bits per heavy atom. The van der Waals surface area contributed by atoms with E-state index in [0.717, 1.165) is 17.8 Å². The Labute approximate surface area is 130 Å². The maximum Gasteiger partial charge on any atom is 0.317 e. The second kappa shape index (κ2) is 6.36. The molecule has 1 N–H and O–H groups in total. The first kappa shape index (κ1) is 14.8. The number of hydrogen-bond acceptors (Lipinski definition) is 3. The highest BCUT2D eigenvalue weighted by molar-refractivity contribution is 5.74. The molecular formula is C16H22N4O2. The third-order valence-corrected chi connectivity index (χ3v) is 3.78. The molecule has 0 aromatic carbocycles. The van der Waals surface area contributed by atoms with Crippen LogP contribution in [0.4, 0.5) is 4.79 Å². The number of nitrogens with zero attached hydrogens (tertiary/aromatic N) is 3. The molecule has 0 spiro atoms. The Bertz CT molecular complexity index is 611. The van der Waals surface area contributed by atoms with E-state index in [4.69, 9.17) is 4.74 Å². The summed E-state index contributed by atoms with van der Waals surface area (Å²) in [6.07, 6.45) is 4.88. The fourth-order valence-electron chi connectivity index (χ4n) is 2.86. The van der Waals surface area contributed by atoms with Crippen molar-refractivity contribution in [3.05, 3.63) is 36.3 Å². The fourth-order valence-corrected chi connectivity index (χ4v) is 2.86. The summed E-state index contributed by atoms with van der Waals surface area (Å²) >= 11 is 0. The Balaban J connectivity index is 1.51. The highest BCUT2D eigenvalue weighted by atomic mass is 16.5. The third-order valence-electron chi connectivity index (χ3n) is 3.78. The number of imidazole rings is 1. The standard InChI is InChI=1S/C16H22N4O2/c1-12-9-20(10-13(2)22-12)16(21)17-7-6-14-11-19-8-4-3-5-15(19)18-14/h3-5,8,11-13H,6-7,9-10H2,1-2H3,(H,17,21)/t12-,13+. The van der Waals surface area contributed by atoms with Gasteiger partial charge in [0, 0.05) is 38.4 Å². The summed E-state index contributed by atoms with van der Waals surface area (Å²) in [5.41, 5.74) is 1.91. The zero-order valence-electron chi connectivity index (χ0n) is 13.0. The molecule has 1 fully saturated rings. The first-order valence-corrected chi connectivity index (χ1v) is 7.72. The number of ether oxygens (including phenoxy) is 1. The van der Waals surface area contributed by atoms with Gasteiger partial charge in [0.1, 0.15) is 5.65 Å². The number of pyridine rings is 1. The first-order chi connectivity index (χ1) is 10.6. The van der Waals surface area contributed by atoms with Gasteiger partial charge in [-0.25, -0.2) is 9.78 Å². The number of aromatic nitrogens is 2. The molecule has 2 atom stereocenters. The van der Waals surface area contributed by atoms with Crippen molar-refractivity contribution in [2.24, 2.45) is 0 Å². The molecule has 22 heavy (non-hydrogen) atoms. The molecule has 0 radical (unpaired) electrons. The van der Waals surface area contributed by atoms with E-state index in [1.165, 1.54) is 0 Å². The molecule has 0 saturated carbocycles. The van der Waals surface area contributed by atoms with Crippen LogP contribution in [-0.4, -0.2) is 52.2 Å². The van der Waals surface area contributed by atoms with E-state index in [1.807, 2.05) is 53.7 Å². The van der Waals surface area contributed by atoms with E-state index < -0.39 is 0 Å². The molecule has 2 aromatic heterocycles. The molecule has 0 unspecified atom stereocenters. The molecule has 6 heteroatoms. The Kier molecular flexibility index (Phi) is 4.29. The van der Waals surface area contributed by atoms with Crippen LogP contribution in [0, 0.1) is 0 Å². The maximum absolute atomic E-state index is 12.2. The minimum atomic E-state index is -0.0224. The lowest BCUT2D eigenvalue weighted by molar-refractivity contribution is -0.0544. The largest absolute Gasteiger partial charge is 0.372 e. The monoisotopic (exact) mass is 302 g/mol. The zero-order chi connectivity index (χ0) is 15.5. The number of amides is 2. The average molecular weight is 302 g/mol. The molecule has 3 heterocycles. The van der Waals surface area contributed by atoms with Crippen molar-refractivity contribution in [2.75, 3.05) is 19.6 Å². The summed E-state index contributed by atoms with van der Waals surface area (Å²) in [7, 11) is 0. The van der Waals surface area contributed by atoms with Gasteiger partial charge in [0.25, 0.3) is 0 Å². The Morgan fingerprint density at radius 2 is 2.14 bits per heavy atom. The lowest BCUT2D eigenvalue weighted by Gasteiger charge is -2.35. The summed E-state index contributed by atoms with van der Waals surface area (Å²) in [6, 6.07) is 5.89. The van der Waals surface area contributed by atoms with Gasteiger partial charge in [-0.3, -0.25) is 0 Å². The topological polar surface area (TPSA) is 58.9 Å². The van der Waals surface area contributed by atoms with E-state index in [2.05, 4.69) is 10.3 Å². The number of carbonyl (C=O) groups is 1. The minimum absolute atomic E-state index is 0.0224. The van der Waals surface area contributed by atoms with E-state index in [9.17, 15) is 4.79 Å². The normalized spacial score (nSPS) is 22.0. The van der Waals surface area contributed by atoms with Crippen LogP contribution >= 0.6 is 0 Å². The maximum atomic E-state index is 12.2. The van der Waals surface area contributed by atoms with Gasteiger partial charge in [0.05, 0.1) is 17.9 Å². The van der Waals surface area contributed by atoms with Crippen molar-refractivity contribution < 1.29 is 9.53 Å². The number of rotatable bonds is 3. The summed E-state index contributed by atoms with van der Waals surface area (Å²) in [6.45, 7) is 5.86. The predicted molar refractivity (Wildman–Crippen MR) is 83.9 cm³/mol. The number of carbonyl (C=O) groups excluding carboxylic acids is 1. The average Bonchev–Trinajstić information content (AvgIpc) is 2.88. The molecule has 2 amide bonds. The fraction of sp³-hybridized carbons (Fsp3) is 0.500. The van der Waals surface area contributed by atoms with Crippen LogP contribution in [0.15, 0.2) is 30.6 Å². The minimum Gasteiger partial charge on any atom is -0.372 e. The second-order valence-electron chi connectivity index (χ2n) is 5.84. The number of hydrogen-bond donors (Lipinski definition) is 1. The van der Waals surface area contributed by atoms with Crippen LogP contribution in [0.1, 0.15) is 19.5 Å². The van der Waals surface area contributed by atoms with Gasteiger partial charge >= 0.3 is 6.03 Å². The molecule has 3 rings (SSSR count). The second-order valence-corrected chi connectivity index (χ2v) is 5.84. The molecule has 2 aromatic rings. The van der Waals surface area contributed by atoms with Crippen LogP contribution in [0.2, 0.25) is 0 Å². The summed E-state index contributed by atoms with van der Waals surface area (Å²) in [4.78, 5) is 18.5. The van der Waals surface area contributed by atoms with Crippen molar-refractivity contribution >= 4 is 11.7 Å². The van der Waals surface area contributed by atoms with Gasteiger partial charge in [-0.05, 0) is 26.0 Å². The van der Waals surface area contributed by atoms with E-state index in [-0.39, 0.29) is 18.2 Å². The number of urea groups is 1. The van der Waals surface area contributed by atoms with Crippen LogP contribution in [0.5, 0.6) is 0 Å². The van der Waals surface area contributed by atoms with Gasteiger partial charge in [0.15, 0.2) is 0 Å². The quantitative estimate of drug-likeness (QED) is 0.939. The van der Waals surface area contributed by atoms with Crippen molar-refractivity contribution in [1.82, 2.24) is 19.6 Å². The van der Waals surface area contributed by atoms with Crippen molar-refractivity contribution in [3.63, 3.8) is 0 Å². The van der Waals surface area contributed by atoms with Gasteiger partial charge in [-0.1, -0.05) is 6.07 Å². The molecule has 0 aliphatic carbocycles. The first-order valence-electron chi connectivity index (χ1n) is 7.72. The predicted octanol–water partition coefficient (Wildman–Crippen LogP) is 1.70. The highest BCUT2D eigenvalue weighted by Gasteiger charge is 2.25. The van der Waals surface area contributed by atoms with E-state index in [0.29, 0.717) is 19.6 Å². The highest BCUT2D eigenvalue weighted by Crippen LogP contribution is 2.10. The zero-order valence-corrected chi connectivity index (χ0v) is 13.0. The molecule has 6 nitrogen and oxygen atoms in total. The van der Waals surface area contributed by atoms with E-state index in [1.54, 1.807) is 0 Å². The molecule has 1 aliphatic rings. The number of nitrogens with one attached hydrogen (secondary N) is 1. The number of fused-ring (bicyclic) bond motifs is 1. The molecule has 1 aliphatic heterocycles. The van der Waals surface area contributed by atoms with Gasteiger partial charge in [0.2, 0.25) is 0 Å². The Hall–Kier alpha value is -2.08. The molecule has 1 saturated heterocycles. The lowest BCUT2D eigenvalue weighted by Crippen LogP contribution is -2.51. The molecule has 0 bridgehead atoms. The molecule has 118 valence electrons. The molecular weight excluding hydrogens is 280 g/mol. The van der Waals surface area contributed by atoms with Gasteiger partial charge < -0.3 is 19.4 Å². The van der Waals surface area contributed by atoms with Crippen molar-refractivity contribution in [3.8, 4) is 0 Å². The van der Waals surface area contributed by atoms with Crippen LogP contribution < -0.4 is 5.32 Å². The summed E-state index contributed by atoms with van der Waals surface area (Å²) < 4.78 is 7.63.